The number of aryl methyl sites for hydroxylation is 1. The Morgan fingerprint density at radius 2 is 2.00 bits per heavy atom. The molecule has 1 unspecified atom stereocenters. The average Bonchev–Trinajstić information content (AvgIpc) is 2.35. The fourth-order valence-electron chi connectivity index (χ4n) is 1.40. The number of aliphatic hydroxyl groups excluding tert-OH is 2. The van der Waals surface area contributed by atoms with E-state index in [9.17, 15) is 9.90 Å². The molecule has 0 aliphatic rings. The van der Waals surface area contributed by atoms with Gasteiger partial charge in [-0.05, 0) is 24.0 Å². The number of methoxy groups -OCH3 is 1. The van der Waals surface area contributed by atoms with Gasteiger partial charge in [-0.25, -0.2) is 4.79 Å². The lowest BCUT2D eigenvalue weighted by atomic mass is 10.0. The van der Waals surface area contributed by atoms with Crippen LogP contribution in [0.2, 0.25) is 0 Å². The summed E-state index contributed by atoms with van der Waals surface area (Å²) in [6, 6.07) is 7.04. The van der Waals surface area contributed by atoms with E-state index in [2.05, 4.69) is 4.74 Å². The largest absolute Gasteiger partial charge is 0.467 e. The molecule has 0 radical (unpaired) electrons. The zero-order chi connectivity index (χ0) is 12.0. The van der Waals surface area contributed by atoms with Crippen molar-refractivity contribution < 1.29 is 19.7 Å². The van der Waals surface area contributed by atoms with Crippen molar-refractivity contribution in [2.24, 2.45) is 0 Å². The third-order valence-corrected chi connectivity index (χ3v) is 2.34. The number of rotatable bonds is 5. The molecule has 0 saturated heterocycles. The van der Waals surface area contributed by atoms with Crippen LogP contribution in [0.15, 0.2) is 24.3 Å². The molecule has 1 atom stereocenters. The molecule has 2 N–H and O–H groups in total. The lowest BCUT2D eigenvalue weighted by molar-refractivity contribution is -0.150. The number of ether oxygens (including phenoxy) is 1. The molecule has 0 aliphatic carbocycles. The van der Waals surface area contributed by atoms with E-state index in [-0.39, 0.29) is 6.61 Å². The van der Waals surface area contributed by atoms with Gasteiger partial charge in [0.25, 0.3) is 0 Å². The quantitative estimate of drug-likeness (QED) is 0.727. The van der Waals surface area contributed by atoms with Crippen LogP contribution in [0, 0.1) is 0 Å². The minimum atomic E-state index is -1.23. The average molecular weight is 224 g/mol. The summed E-state index contributed by atoms with van der Waals surface area (Å²) in [5.41, 5.74) is 1.58. The van der Waals surface area contributed by atoms with Crippen LogP contribution in [0.3, 0.4) is 0 Å². The van der Waals surface area contributed by atoms with Gasteiger partial charge < -0.3 is 14.9 Å². The van der Waals surface area contributed by atoms with Gasteiger partial charge in [0.05, 0.1) is 7.11 Å². The smallest absolute Gasteiger partial charge is 0.339 e. The third-order valence-electron chi connectivity index (χ3n) is 2.34. The summed E-state index contributed by atoms with van der Waals surface area (Å²) in [7, 11) is 1.24. The summed E-state index contributed by atoms with van der Waals surface area (Å²) in [4.78, 5) is 11.1. The predicted octanol–water partition coefficient (Wildman–Crippen LogP) is 0.818. The lowest BCUT2D eigenvalue weighted by Gasteiger charge is -2.09. The molecule has 0 amide bonds. The Hall–Kier alpha value is -1.39. The van der Waals surface area contributed by atoms with Crippen LogP contribution in [-0.4, -0.2) is 29.9 Å². The van der Waals surface area contributed by atoms with Gasteiger partial charge in [0.2, 0.25) is 0 Å². The molecule has 0 aromatic heterocycles. The van der Waals surface area contributed by atoms with Gasteiger partial charge in [0.1, 0.15) is 0 Å². The molecule has 88 valence electrons. The summed E-state index contributed by atoms with van der Waals surface area (Å²) >= 11 is 0. The summed E-state index contributed by atoms with van der Waals surface area (Å²) in [6.07, 6.45) is 0.265. The van der Waals surface area contributed by atoms with Gasteiger partial charge in [-0.2, -0.15) is 0 Å². The summed E-state index contributed by atoms with van der Waals surface area (Å²) in [5, 5.41) is 18.2. The Kier molecular flexibility index (Phi) is 4.95. The van der Waals surface area contributed by atoms with Crippen molar-refractivity contribution in [2.75, 3.05) is 13.7 Å². The highest BCUT2D eigenvalue weighted by molar-refractivity contribution is 5.76. The second-order valence-corrected chi connectivity index (χ2v) is 3.49. The maximum absolute atomic E-state index is 11.1. The van der Waals surface area contributed by atoms with Crippen molar-refractivity contribution in [3.8, 4) is 0 Å². The lowest BCUT2D eigenvalue weighted by Crippen LogP contribution is -2.13. The monoisotopic (exact) mass is 224 g/mol. The molecule has 1 aromatic rings. The SMILES string of the molecule is COC(=O)C(O)c1ccc(CCCO)cc1. The Balaban J connectivity index is 2.67. The van der Waals surface area contributed by atoms with Crippen LogP contribution in [0.5, 0.6) is 0 Å². The minimum Gasteiger partial charge on any atom is -0.467 e. The summed E-state index contributed by atoms with van der Waals surface area (Å²) in [5.74, 6) is -0.664. The van der Waals surface area contributed by atoms with E-state index < -0.39 is 12.1 Å². The van der Waals surface area contributed by atoms with Gasteiger partial charge >= 0.3 is 5.97 Å². The highest BCUT2D eigenvalue weighted by Gasteiger charge is 2.17. The second kappa shape index (κ2) is 6.25. The Labute approximate surface area is 94.5 Å². The van der Waals surface area contributed by atoms with E-state index >= 15 is 0 Å². The first-order chi connectivity index (χ1) is 7.69. The van der Waals surface area contributed by atoms with E-state index in [1.807, 2.05) is 12.1 Å². The van der Waals surface area contributed by atoms with Gasteiger partial charge in [0, 0.05) is 6.61 Å². The van der Waals surface area contributed by atoms with E-state index in [1.165, 1.54) is 7.11 Å². The molecule has 0 fully saturated rings. The van der Waals surface area contributed by atoms with Gasteiger partial charge in [-0.1, -0.05) is 24.3 Å². The van der Waals surface area contributed by atoms with E-state index in [4.69, 9.17) is 5.11 Å². The molecule has 4 heteroatoms. The highest BCUT2D eigenvalue weighted by atomic mass is 16.5. The number of esters is 1. The molecule has 0 aliphatic heterocycles. The van der Waals surface area contributed by atoms with Crippen LogP contribution >= 0.6 is 0 Å². The molecule has 16 heavy (non-hydrogen) atoms. The molecular weight excluding hydrogens is 208 g/mol. The molecule has 0 saturated carbocycles. The molecular formula is C12H16O4. The van der Waals surface area contributed by atoms with E-state index in [0.717, 1.165) is 12.0 Å². The van der Waals surface area contributed by atoms with Crippen LogP contribution in [-0.2, 0) is 16.0 Å². The van der Waals surface area contributed by atoms with Crippen molar-refractivity contribution in [2.45, 2.75) is 18.9 Å². The van der Waals surface area contributed by atoms with Crippen LogP contribution < -0.4 is 0 Å². The zero-order valence-electron chi connectivity index (χ0n) is 9.22. The van der Waals surface area contributed by atoms with Crippen molar-refractivity contribution in [1.82, 2.24) is 0 Å². The second-order valence-electron chi connectivity index (χ2n) is 3.49. The molecule has 4 nitrogen and oxygen atoms in total. The fourth-order valence-corrected chi connectivity index (χ4v) is 1.40. The Morgan fingerprint density at radius 1 is 1.38 bits per heavy atom. The number of carbonyl (C=O) groups is 1. The standard InChI is InChI=1S/C12H16O4/c1-16-12(15)11(14)10-6-4-9(5-7-10)3-2-8-13/h4-7,11,13-14H,2-3,8H2,1H3. The first-order valence-electron chi connectivity index (χ1n) is 5.14. The molecule has 0 bridgehead atoms. The van der Waals surface area contributed by atoms with Gasteiger partial charge in [-0.15, -0.1) is 0 Å². The normalized spacial score (nSPS) is 12.2. The predicted molar refractivity (Wildman–Crippen MR) is 58.8 cm³/mol. The summed E-state index contributed by atoms with van der Waals surface area (Å²) < 4.78 is 4.44. The van der Waals surface area contributed by atoms with Crippen molar-refractivity contribution >= 4 is 5.97 Å². The van der Waals surface area contributed by atoms with E-state index in [1.54, 1.807) is 12.1 Å². The van der Waals surface area contributed by atoms with Crippen LogP contribution in [0.25, 0.3) is 0 Å². The Bertz CT molecular complexity index is 331. The van der Waals surface area contributed by atoms with Crippen molar-refractivity contribution in [1.29, 1.82) is 0 Å². The van der Waals surface area contributed by atoms with Crippen LogP contribution in [0.4, 0.5) is 0 Å². The molecule has 1 aromatic carbocycles. The first kappa shape index (κ1) is 12.7. The Morgan fingerprint density at radius 3 is 2.50 bits per heavy atom. The highest BCUT2D eigenvalue weighted by Crippen LogP contribution is 2.15. The minimum absolute atomic E-state index is 0.159. The third kappa shape index (κ3) is 3.32. The van der Waals surface area contributed by atoms with Gasteiger partial charge in [-0.3, -0.25) is 0 Å². The van der Waals surface area contributed by atoms with E-state index in [0.29, 0.717) is 12.0 Å². The number of hydrogen-bond acceptors (Lipinski definition) is 4. The first-order valence-corrected chi connectivity index (χ1v) is 5.14. The fraction of sp³-hybridized carbons (Fsp3) is 0.417. The maximum Gasteiger partial charge on any atom is 0.339 e. The van der Waals surface area contributed by atoms with Crippen molar-refractivity contribution in [3.05, 3.63) is 35.4 Å². The molecule has 0 heterocycles. The zero-order valence-corrected chi connectivity index (χ0v) is 9.22. The topological polar surface area (TPSA) is 66.8 Å². The van der Waals surface area contributed by atoms with Crippen LogP contribution in [0.1, 0.15) is 23.7 Å². The number of carbonyl (C=O) groups excluding carboxylic acids is 1. The summed E-state index contributed by atoms with van der Waals surface area (Å²) in [6.45, 7) is 0.159. The number of aliphatic hydroxyl groups is 2. The van der Waals surface area contributed by atoms with Gasteiger partial charge in [0.15, 0.2) is 6.10 Å². The van der Waals surface area contributed by atoms with Crippen molar-refractivity contribution in [3.63, 3.8) is 0 Å². The molecule has 0 spiro atoms. The maximum atomic E-state index is 11.1. The number of hydrogen-bond donors (Lipinski definition) is 2. The number of benzene rings is 1. The molecule has 1 rings (SSSR count).